The fourth-order valence-corrected chi connectivity index (χ4v) is 6.07. The first-order chi connectivity index (χ1) is 15.0. The molecule has 31 heavy (non-hydrogen) atoms. The normalized spacial score (nSPS) is 15.9. The van der Waals surface area contributed by atoms with Crippen LogP contribution in [0.4, 0.5) is 0 Å². The molecular formula is C29H30NO+. The van der Waals surface area contributed by atoms with E-state index in [-0.39, 0.29) is 0 Å². The summed E-state index contributed by atoms with van der Waals surface area (Å²) in [6.07, 6.45) is 6.51. The van der Waals surface area contributed by atoms with Crippen molar-refractivity contribution in [2.75, 3.05) is 0 Å². The largest absolute Gasteiger partial charge is 0.449 e. The number of rotatable bonds is 1. The minimum atomic E-state index is 0.570. The number of hydrogen-bond acceptors (Lipinski definition) is 1. The number of hydrogen-bond donors (Lipinski definition) is 0. The number of benzene rings is 3. The third-order valence-electron chi connectivity index (χ3n) is 7.68. The van der Waals surface area contributed by atoms with Crippen molar-refractivity contribution < 1.29 is 9.30 Å². The second kappa shape index (κ2) is 6.82. The van der Waals surface area contributed by atoms with Crippen molar-refractivity contribution in [1.29, 1.82) is 0 Å². The highest BCUT2D eigenvalue weighted by Crippen LogP contribution is 2.52. The van der Waals surface area contributed by atoms with Gasteiger partial charge in [-0.2, -0.15) is 4.57 Å². The molecule has 1 aliphatic carbocycles. The predicted molar refractivity (Wildman–Crippen MR) is 128 cm³/mol. The van der Waals surface area contributed by atoms with E-state index >= 15 is 0 Å². The van der Waals surface area contributed by atoms with E-state index in [0.29, 0.717) is 5.92 Å². The number of para-hydroxylation sites is 1. The maximum atomic E-state index is 6.88. The van der Waals surface area contributed by atoms with Gasteiger partial charge in [-0.3, -0.25) is 0 Å². The van der Waals surface area contributed by atoms with E-state index in [1.807, 2.05) is 0 Å². The van der Waals surface area contributed by atoms with Crippen molar-refractivity contribution in [1.82, 2.24) is 0 Å². The van der Waals surface area contributed by atoms with Crippen LogP contribution in [0.1, 0.15) is 60.3 Å². The second-order valence-corrected chi connectivity index (χ2v) is 9.66. The van der Waals surface area contributed by atoms with Gasteiger partial charge in [0, 0.05) is 17.0 Å². The van der Waals surface area contributed by atoms with Crippen LogP contribution in [-0.2, 0) is 7.05 Å². The number of nitrogens with zero attached hydrogens (tertiary/aromatic N) is 1. The molecule has 0 bridgehead atoms. The summed E-state index contributed by atoms with van der Waals surface area (Å²) in [5.74, 6) is 2.69. The van der Waals surface area contributed by atoms with Gasteiger partial charge in [0.25, 0.3) is 5.69 Å². The van der Waals surface area contributed by atoms with Crippen LogP contribution in [0.25, 0.3) is 32.9 Å². The van der Waals surface area contributed by atoms with Crippen molar-refractivity contribution in [3.05, 3.63) is 64.7 Å². The maximum absolute atomic E-state index is 6.88. The summed E-state index contributed by atoms with van der Waals surface area (Å²) in [4.78, 5) is 0. The highest BCUT2D eigenvalue weighted by molar-refractivity contribution is 6.06. The number of ether oxygens (including phenoxy) is 1. The van der Waals surface area contributed by atoms with E-state index in [1.54, 1.807) is 0 Å². The molecule has 0 radical (unpaired) electrons. The fourth-order valence-electron chi connectivity index (χ4n) is 6.07. The van der Waals surface area contributed by atoms with Gasteiger partial charge in [-0.15, -0.1) is 0 Å². The van der Waals surface area contributed by atoms with Crippen molar-refractivity contribution in [2.45, 2.75) is 58.8 Å². The molecule has 1 saturated carbocycles. The molecule has 2 heterocycles. The summed E-state index contributed by atoms with van der Waals surface area (Å²) < 4.78 is 9.25. The molecule has 0 spiro atoms. The van der Waals surface area contributed by atoms with Crippen molar-refractivity contribution in [3.63, 3.8) is 0 Å². The summed E-state index contributed by atoms with van der Waals surface area (Å²) in [5, 5.41) is 3.90. The minimum Gasteiger partial charge on any atom is -0.449 e. The Balaban J connectivity index is 1.80. The lowest BCUT2D eigenvalue weighted by Gasteiger charge is -2.29. The van der Waals surface area contributed by atoms with Gasteiger partial charge in [0.05, 0.1) is 10.9 Å². The summed E-state index contributed by atoms with van der Waals surface area (Å²) in [5.41, 5.74) is 9.31. The number of aryl methyl sites for hydroxylation is 3. The Morgan fingerprint density at radius 2 is 1.71 bits per heavy atom. The van der Waals surface area contributed by atoms with Gasteiger partial charge >= 0.3 is 0 Å². The van der Waals surface area contributed by atoms with Gasteiger partial charge < -0.3 is 4.74 Å². The summed E-state index contributed by atoms with van der Waals surface area (Å²) in [7, 11) is 2.21. The van der Waals surface area contributed by atoms with Gasteiger partial charge in [0.2, 0.25) is 11.3 Å². The summed E-state index contributed by atoms with van der Waals surface area (Å²) in [6.45, 7) is 6.69. The zero-order chi connectivity index (χ0) is 21.3. The monoisotopic (exact) mass is 408 g/mol. The van der Waals surface area contributed by atoms with Crippen LogP contribution in [-0.4, -0.2) is 0 Å². The van der Waals surface area contributed by atoms with Crippen LogP contribution in [0, 0.1) is 20.8 Å². The van der Waals surface area contributed by atoms with Crippen molar-refractivity contribution in [2.24, 2.45) is 7.05 Å². The van der Waals surface area contributed by atoms with Crippen LogP contribution < -0.4 is 9.30 Å². The molecule has 156 valence electrons. The lowest BCUT2D eigenvalue weighted by molar-refractivity contribution is -0.633. The highest BCUT2D eigenvalue weighted by Gasteiger charge is 2.36. The first-order valence-corrected chi connectivity index (χ1v) is 11.7. The van der Waals surface area contributed by atoms with E-state index in [9.17, 15) is 0 Å². The minimum absolute atomic E-state index is 0.570. The van der Waals surface area contributed by atoms with Gasteiger partial charge in [0.15, 0.2) is 0 Å². The van der Waals surface area contributed by atoms with Crippen molar-refractivity contribution >= 4 is 21.7 Å². The molecular weight excluding hydrogens is 378 g/mol. The lowest BCUT2D eigenvalue weighted by Crippen LogP contribution is -2.34. The zero-order valence-electron chi connectivity index (χ0n) is 19.0. The SMILES string of the molecule is Cc1cc2c3c(c(C)c(C)cc3c1)-c1c(c(C3CCCCC3)c3ccccc3[n+]1C)O2. The molecule has 1 fully saturated rings. The first kappa shape index (κ1) is 18.9. The quantitative estimate of drug-likeness (QED) is 0.261. The standard InChI is InChI=1S/C29H30NO/c1-17-14-21-16-18(2)19(3)25-27(21)24(15-17)31-29-26(20-10-6-5-7-11-20)22-12-8-9-13-23(22)30(4)28(25)29/h8-9,12-16,20H,5-7,10-11H2,1-4H3/q+1. The molecule has 1 aliphatic heterocycles. The molecule has 1 aromatic heterocycles. The smallest absolute Gasteiger partial charge is 0.257 e. The molecule has 2 aliphatic rings. The van der Waals surface area contributed by atoms with Crippen molar-refractivity contribution in [3.8, 4) is 22.8 Å². The molecule has 6 rings (SSSR count). The van der Waals surface area contributed by atoms with Crippen LogP contribution in [0.5, 0.6) is 11.5 Å². The van der Waals surface area contributed by atoms with E-state index in [4.69, 9.17) is 4.74 Å². The Morgan fingerprint density at radius 1 is 0.935 bits per heavy atom. The zero-order valence-corrected chi connectivity index (χ0v) is 19.0. The predicted octanol–water partition coefficient (Wildman–Crippen LogP) is 7.56. The molecule has 0 unspecified atom stereocenters. The molecule has 0 N–H and O–H groups in total. The van der Waals surface area contributed by atoms with E-state index in [2.05, 4.69) is 74.9 Å². The average Bonchev–Trinajstić information content (AvgIpc) is 2.77. The summed E-state index contributed by atoms with van der Waals surface area (Å²) >= 11 is 0. The molecule has 4 aromatic rings. The molecule has 2 nitrogen and oxygen atoms in total. The van der Waals surface area contributed by atoms with Gasteiger partial charge in [-0.05, 0) is 73.7 Å². The Morgan fingerprint density at radius 3 is 2.52 bits per heavy atom. The van der Waals surface area contributed by atoms with Crippen LogP contribution >= 0.6 is 0 Å². The molecule has 3 aromatic carbocycles. The number of aromatic nitrogens is 1. The van der Waals surface area contributed by atoms with Gasteiger partial charge in [-0.25, -0.2) is 0 Å². The first-order valence-electron chi connectivity index (χ1n) is 11.7. The van der Waals surface area contributed by atoms with Crippen LogP contribution in [0.15, 0.2) is 42.5 Å². The molecule has 2 heteroatoms. The van der Waals surface area contributed by atoms with E-state index in [1.165, 1.54) is 87.3 Å². The van der Waals surface area contributed by atoms with Gasteiger partial charge in [-0.1, -0.05) is 43.5 Å². The topological polar surface area (TPSA) is 13.1 Å². The Kier molecular flexibility index (Phi) is 4.15. The fraction of sp³-hybridized carbons (Fsp3) is 0.345. The third kappa shape index (κ3) is 2.67. The number of pyridine rings is 1. The number of fused-ring (bicyclic) bond motifs is 3. The molecule has 0 amide bonds. The maximum Gasteiger partial charge on any atom is 0.257 e. The lowest BCUT2D eigenvalue weighted by atomic mass is 9.80. The van der Waals surface area contributed by atoms with Gasteiger partial charge in [0.1, 0.15) is 12.8 Å². The Bertz CT molecular complexity index is 1380. The van der Waals surface area contributed by atoms with Crippen LogP contribution in [0.3, 0.4) is 0 Å². The summed E-state index contributed by atoms with van der Waals surface area (Å²) in [6, 6.07) is 15.8. The Labute approximate surface area is 184 Å². The third-order valence-corrected chi connectivity index (χ3v) is 7.68. The Hall–Kier alpha value is -2.87. The average molecular weight is 409 g/mol. The second-order valence-electron chi connectivity index (χ2n) is 9.66. The van der Waals surface area contributed by atoms with E-state index < -0.39 is 0 Å². The molecule has 0 saturated heterocycles. The van der Waals surface area contributed by atoms with E-state index in [0.717, 1.165) is 11.5 Å². The van der Waals surface area contributed by atoms with Crippen LogP contribution in [0.2, 0.25) is 0 Å². The molecule has 0 atom stereocenters. The highest BCUT2D eigenvalue weighted by atomic mass is 16.5.